The molecule has 0 radical (unpaired) electrons. The Balaban J connectivity index is 2.11. The molecule has 0 saturated heterocycles. The van der Waals surface area contributed by atoms with Crippen molar-refractivity contribution in [3.8, 4) is 17.2 Å². The summed E-state index contributed by atoms with van der Waals surface area (Å²) >= 11 is 0. The summed E-state index contributed by atoms with van der Waals surface area (Å²) in [5.41, 5.74) is 3.84. The minimum Gasteiger partial charge on any atom is -0.484 e. The Morgan fingerprint density at radius 3 is 2.52 bits per heavy atom. The molecule has 2 rings (SSSR count). The molecule has 23 heavy (non-hydrogen) atoms. The van der Waals surface area contributed by atoms with Crippen LogP contribution in [0, 0.1) is 11.3 Å². The van der Waals surface area contributed by atoms with Crippen LogP contribution in [0.3, 0.4) is 0 Å². The Bertz CT molecular complexity index is 696. The number of nitriles is 1. The van der Waals surface area contributed by atoms with Crippen LogP contribution in [0.2, 0.25) is 0 Å². The molecule has 0 aliphatic carbocycles. The second-order valence-electron chi connectivity index (χ2n) is 5.37. The predicted octanol–water partition coefficient (Wildman–Crippen LogP) is 4.96. The summed E-state index contributed by atoms with van der Waals surface area (Å²) in [5.74, 6) is 0.811. The fourth-order valence-corrected chi connectivity index (χ4v) is 2.38. The highest BCUT2D eigenvalue weighted by Crippen LogP contribution is 2.23. The largest absolute Gasteiger partial charge is 0.484 e. The van der Waals surface area contributed by atoms with Gasteiger partial charge in [0.1, 0.15) is 0 Å². The molecule has 0 atom stereocenters. The third-order valence-corrected chi connectivity index (χ3v) is 3.73. The topological polar surface area (TPSA) is 45.4 Å². The van der Waals surface area contributed by atoms with Gasteiger partial charge in [-0.3, -0.25) is 4.99 Å². The average Bonchev–Trinajstić information content (AvgIpc) is 2.62. The lowest BCUT2D eigenvalue weighted by molar-refractivity contribution is 0.385. The number of hydrogen-bond acceptors (Lipinski definition) is 3. The Labute approximate surface area is 138 Å². The summed E-state index contributed by atoms with van der Waals surface area (Å²) in [4.78, 5) is 4.53. The lowest BCUT2D eigenvalue weighted by atomic mass is 9.99. The number of benzene rings is 2. The molecule has 0 saturated carbocycles. The van der Waals surface area contributed by atoms with Gasteiger partial charge in [0.2, 0.25) is 0 Å². The highest BCUT2D eigenvalue weighted by molar-refractivity contribution is 5.76. The summed E-state index contributed by atoms with van der Waals surface area (Å²) < 4.78 is 5.31. The number of nitrogens with zero attached hydrogens (tertiary/aromatic N) is 2. The van der Waals surface area contributed by atoms with Crippen molar-refractivity contribution < 1.29 is 4.74 Å². The average molecular weight is 306 g/mol. The van der Waals surface area contributed by atoms with Crippen LogP contribution in [0.4, 0.5) is 0 Å². The van der Waals surface area contributed by atoms with Crippen LogP contribution in [0.5, 0.6) is 0 Å². The molecule has 0 amide bonds. The van der Waals surface area contributed by atoms with E-state index in [4.69, 9.17) is 4.74 Å². The van der Waals surface area contributed by atoms with Crippen LogP contribution in [-0.4, -0.2) is 13.0 Å². The van der Waals surface area contributed by atoms with E-state index in [2.05, 4.69) is 30.1 Å². The van der Waals surface area contributed by atoms with Crippen LogP contribution in [-0.2, 0) is 11.3 Å². The van der Waals surface area contributed by atoms with Crippen molar-refractivity contribution in [1.82, 2.24) is 0 Å². The zero-order valence-corrected chi connectivity index (χ0v) is 13.7. The van der Waals surface area contributed by atoms with Crippen molar-refractivity contribution in [1.29, 1.82) is 5.26 Å². The van der Waals surface area contributed by atoms with Gasteiger partial charge in [-0.1, -0.05) is 55.8 Å². The van der Waals surface area contributed by atoms with Gasteiger partial charge in [-0.05, 0) is 29.2 Å². The van der Waals surface area contributed by atoms with Gasteiger partial charge in [0.25, 0.3) is 0 Å². The number of rotatable bonds is 6. The van der Waals surface area contributed by atoms with Crippen LogP contribution in [0.15, 0.2) is 53.5 Å². The molecule has 2 aromatic carbocycles. The SMILES string of the molecule is CCCCC(=NCc1ccc(-c2ccccc2C#N)cc1)OC. The van der Waals surface area contributed by atoms with Gasteiger partial charge in [0.05, 0.1) is 25.3 Å². The van der Waals surface area contributed by atoms with Crippen LogP contribution in [0.25, 0.3) is 11.1 Å². The molecule has 0 bridgehead atoms. The second kappa shape index (κ2) is 8.75. The Morgan fingerprint density at radius 2 is 1.87 bits per heavy atom. The first-order valence-corrected chi connectivity index (χ1v) is 7.94. The van der Waals surface area contributed by atoms with Gasteiger partial charge in [0.15, 0.2) is 5.90 Å². The maximum Gasteiger partial charge on any atom is 0.183 e. The maximum atomic E-state index is 9.20. The fraction of sp³-hybridized carbons (Fsp3) is 0.300. The first kappa shape index (κ1) is 16.8. The monoisotopic (exact) mass is 306 g/mol. The Kier molecular flexibility index (Phi) is 6.38. The number of aliphatic imine (C=N–C) groups is 1. The number of ether oxygens (including phenoxy) is 1. The molecule has 3 heteroatoms. The third-order valence-electron chi connectivity index (χ3n) is 3.73. The third kappa shape index (κ3) is 4.69. The number of methoxy groups -OCH3 is 1. The molecular weight excluding hydrogens is 284 g/mol. The van der Waals surface area contributed by atoms with Crippen molar-refractivity contribution in [3.05, 3.63) is 59.7 Å². The van der Waals surface area contributed by atoms with E-state index >= 15 is 0 Å². The standard InChI is InChI=1S/C20H22N2O/c1-3-4-9-20(23-2)22-15-16-10-12-17(13-11-16)19-8-6-5-7-18(19)14-21/h5-8,10-13H,3-4,9,15H2,1-2H3. The molecule has 0 fully saturated rings. The smallest absolute Gasteiger partial charge is 0.183 e. The predicted molar refractivity (Wildman–Crippen MR) is 94.3 cm³/mol. The number of unbranched alkanes of at least 4 members (excludes halogenated alkanes) is 1. The minimum absolute atomic E-state index is 0.618. The Hall–Kier alpha value is -2.60. The van der Waals surface area contributed by atoms with Gasteiger partial charge in [-0.2, -0.15) is 5.26 Å². The maximum absolute atomic E-state index is 9.20. The molecule has 0 aliphatic heterocycles. The zero-order chi connectivity index (χ0) is 16.5. The summed E-state index contributed by atoms with van der Waals surface area (Å²) in [5, 5.41) is 9.20. The summed E-state index contributed by atoms with van der Waals surface area (Å²) in [7, 11) is 1.68. The first-order chi connectivity index (χ1) is 11.3. The van der Waals surface area contributed by atoms with Crippen molar-refractivity contribution in [2.75, 3.05) is 7.11 Å². The van der Waals surface area contributed by atoms with E-state index in [0.717, 1.165) is 41.9 Å². The van der Waals surface area contributed by atoms with Crippen molar-refractivity contribution >= 4 is 5.90 Å². The minimum atomic E-state index is 0.618. The quantitative estimate of drug-likeness (QED) is 0.559. The van der Waals surface area contributed by atoms with E-state index in [0.29, 0.717) is 12.1 Å². The lowest BCUT2D eigenvalue weighted by Crippen LogP contribution is -2.01. The van der Waals surface area contributed by atoms with E-state index in [9.17, 15) is 5.26 Å². The van der Waals surface area contributed by atoms with E-state index < -0.39 is 0 Å². The van der Waals surface area contributed by atoms with Gasteiger partial charge >= 0.3 is 0 Å². The molecule has 0 heterocycles. The Morgan fingerprint density at radius 1 is 1.13 bits per heavy atom. The van der Waals surface area contributed by atoms with E-state index in [1.54, 1.807) is 7.11 Å². The molecule has 118 valence electrons. The van der Waals surface area contributed by atoms with Gasteiger partial charge in [-0.15, -0.1) is 0 Å². The molecule has 0 spiro atoms. The van der Waals surface area contributed by atoms with E-state index in [-0.39, 0.29) is 0 Å². The number of hydrogen-bond donors (Lipinski definition) is 0. The fourth-order valence-electron chi connectivity index (χ4n) is 2.38. The first-order valence-electron chi connectivity index (χ1n) is 7.94. The van der Waals surface area contributed by atoms with E-state index in [1.165, 1.54) is 0 Å². The molecular formula is C20H22N2O. The molecule has 0 aromatic heterocycles. The normalized spacial score (nSPS) is 11.1. The summed E-state index contributed by atoms with van der Waals surface area (Å²) in [6, 6.07) is 18.1. The van der Waals surface area contributed by atoms with Crippen LogP contribution in [0.1, 0.15) is 37.3 Å². The highest BCUT2D eigenvalue weighted by atomic mass is 16.5. The zero-order valence-electron chi connectivity index (χ0n) is 13.7. The highest BCUT2D eigenvalue weighted by Gasteiger charge is 2.04. The summed E-state index contributed by atoms with van der Waals surface area (Å²) in [6.45, 7) is 2.78. The lowest BCUT2D eigenvalue weighted by Gasteiger charge is -2.06. The molecule has 0 unspecified atom stereocenters. The molecule has 3 nitrogen and oxygen atoms in total. The molecule has 0 aliphatic rings. The van der Waals surface area contributed by atoms with Gasteiger partial charge in [-0.25, -0.2) is 0 Å². The second-order valence-corrected chi connectivity index (χ2v) is 5.37. The van der Waals surface area contributed by atoms with E-state index in [1.807, 2.05) is 36.4 Å². The van der Waals surface area contributed by atoms with Crippen LogP contribution < -0.4 is 0 Å². The molecule has 2 aromatic rings. The molecule has 0 N–H and O–H groups in total. The van der Waals surface area contributed by atoms with Crippen molar-refractivity contribution in [3.63, 3.8) is 0 Å². The van der Waals surface area contributed by atoms with Crippen molar-refractivity contribution in [2.45, 2.75) is 32.7 Å². The summed E-state index contributed by atoms with van der Waals surface area (Å²) in [6.07, 6.45) is 3.12. The van der Waals surface area contributed by atoms with Crippen molar-refractivity contribution in [2.24, 2.45) is 4.99 Å². The van der Waals surface area contributed by atoms with Gasteiger partial charge in [0, 0.05) is 6.42 Å². The van der Waals surface area contributed by atoms with Gasteiger partial charge < -0.3 is 4.74 Å². The van der Waals surface area contributed by atoms with Crippen LogP contribution >= 0.6 is 0 Å².